The van der Waals surface area contributed by atoms with Crippen molar-refractivity contribution < 1.29 is 40.6 Å². The van der Waals surface area contributed by atoms with E-state index in [0.717, 1.165) is 28.6 Å². The van der Waals surface area contributed by atoms with Crippen LogP contribution in [-0.2, 0) is 20.0 Å². The van der Waals surface area contributed by atoms with Gasteiger partial charge in [0.05, 0.1) is 47.3 Å². The Bertz CT molecular complexity index is 1670. The van der Waals surface area contributed by atoms with Crippen molar-refractivity contribution in [2.45, 2.75) is 35.8 Å². The summed E-state index contributed by atoms with van der Waals surface area (Å²) in [7, 11) is -5.33. The summed E-state index contributed by atoms with van der Waals surface area (Å²) in [5.74, 6) is -1.17. The van der Waals surface area contributed by atoms with Gasteiger partial charge in [-0.15, -0.1) is 0 Å². The molecule has 0 spiro atoms. The number of hydrogen-bond donors (Lipinski definition) is 2. The van der Waals surface area contributed by atoms with Gasteiger partial charge in [-0.2, -0.15) is 4.31 Å². The molecule has 0 unspecified atom stereocenters. The van der Waals surface area contributed by atoms with Gasteiger partial charge < -0.3 is 19.5 Å². The van der Waals surface area contributed by atoms with E-state index in [9.17, 15) is 31.1 Å². The minimum Gasteiger partial charge on any atom is -0.497 e. The van der Waals surface area contributed by atoms with Crippen LogP contribution in [-0.4, -0.2) is 83.1 Å². The Morgan fingerprint density at radius 2 is 1.70 bits per heavy atom. The van der Waals surface area contributed by atoms with Crippen LogP contribution in [0, 0.1) is 11.7 Å². The number of fused-ring (bicyclic) bond motifs is 1. The van der Waals surface area contributed by atoms with Gasteiger partial charge in [-0.25, -0.2) is 21.2 Å². The molecular weight excluding hydrogens is 601 g/mol. The Kier molecular flexibility index (Phi) is 9.64. The molecule has 0 saturated carbocycles. The van der Waals surface area contributed by atoms with Crippen molar-refractivity contribution in [1.82, 2.24) is 9.21 Å². The van der Waals surface area contributed by atoms with Gasteiger partial charge in [0.15, 0.2) is 5.75 Å². The zero-order valence-corrected chi connectivity index (χ0v) is 25.7. The number of aliphatic hydroxyl groups excluding tert-OH is 1. The standard InChI is InChI=1S/C29H34FN3O8S2/c1-19-16-33(20(2)18-34)29(35)25-6-5-7-26(31-42(36,37)23-12-8-21(30)9-13-23)28(25)41-27(19)17-32(3)43(38,39)24-14-10-22(40-4)11-15-24/h5-15,19-20,27,31,34H,16-18H2,1-4H3/t19-,20-,27-/m0/s1. The van der Waals surface area contributed by atoms with Gasteiger partial charge in [0.1, 0.15) is 17.7 Å². The number of rotatable bonds is 10. The van der Waals surface area contributed by atoms with Crippen molar-refractivity contribution in [3.8, 4) is 11.5 Å². The smallest absolute Gasteiger partial charge is 0.262 e. The van der Waals surface area contributed by atoms with Gasteiger partial charge in [0, 0.05) is 19.5 Å². The number of nitrogens with one attached hydrogen (secondary N) is 1. The van der Waals surface area contributed by atoms with E-state index >= 15 is 0 Å². The number of ether oxygens (including phenoxy) is 2. The summed E-state index contributed by atoms with van der Waals surface area (Å²) >= 11 is 0. The predicted octanol–water partition coefficient (Wildman–Crippen LogP) is 3.18. The number of hydrogen-bond acceptors (Lipinski definition) is 8. The molecule has 3 atom stereocenters. The molecule has 0 fully saturated rings. The molecule has 43 heavy (non-hydrogen) atoms. The summed E-state index contributed by atoms with van der Waals surface area (Å²) in [5, 5.41) is 9.90. The molecule has 11 nitrogen and oxygen atoms in total. The molecule has 0 saturated heterocycles. The number of methoxy groups -OCH3 is 1. The van der Waals surface area contributed by atoms with Gasteiger partial charge in [0.25, 0.3) is 15.9 Å². The summed E-state index contributed by atoms with van der Waals surface area (Å²) in [6, 6.07) is 13.9. The van der Waals surface area contributed by atoms with Gasteiger partial charge >= 0.3 is 0 Å². The second kappa shape index (κ2) is 12.9. The van der Waals surface area contributed by atoms with Gasteiger partial charge in [-0.3, -0.25) is 9.52 Å². The van der Waals surface area contributed by atoms with Crippen molar-refractivity contribution in [3.63, 3.8) is 0 Å². The highest BCUT2D eigenvalue weighted by Gasteiger charge is 2.36. The largest absolute Gasteiger partial charge is 0.497 e. The van der Waals surface area contributed by atoms with Crippen molar-refractivity contribution in [2.75, 3.05) is 38.6 Å². The maximum atomic E-state index is 13.7. The normalized spacial score (nSPS) is 18.3. The molecule has 232 valence electrons. The zero-order chi connectivity index (χ0) is 31.5. The molecule has 3 aromatic rings. The molecule has 0 aliphatic carbocycles. The number of carbonyl (C=O) groups is 1. The van der Waals surface area contributed by atoms with Crippen LogP contribution in [0.4, 0.5) is 10.1 Å². The molecule has 2 N–H and O–H groups in total. The van der Waals surface area contributed by atoms with Gasteiger partial charge in [0.2, 0.25) is 10.0 Å². The highest BCUT2D eigenvalue weighted by molar-refractivity contribution is 7.92. The minimum absolute atomic E-state index is 0.0252. The second-order valence-corrected chi connectivity index (χ2v) is 14.1. The number of halogens is 1. The Morgan fingerprint density at radius 3 is 2.30 bits per heavy atom. The Labute approximate surface area is 250 Å². The summed E-state index contributed by atoms with van der Waals surface area (Å²) in [4.78, 5) is 15.0. The summed E-state index contributed by atoms with van der Waals surface area (Å²) in [6.45, 7) is 3.10. The maximum Gasteiger partial charge on any atom is 0.262 e. The lowest BCUT2D eigenvalue weighted by atomic mass is 9.99. The topological polar surface area (TPSA) is 143 Å². The average Bonchev–Trinajstić information content (AvgIpc) is 2.98. The minimum atomic E-state index is -4.23. The Hall–Kier alpha value is -3.72. The lowest BCUT2D eigenvalue weighted by Gasteiger charge is -2.38. The van der Waals surface area contributed by atoms with Crippen LogP contribution in [0.2, 0.25) is 0 Å². The first kappa shape index (κ1) is 32.2. The fourth-order valence-corrected chi connectivity index (χ4v) is 6.88. The first-order valence-corrected chi connectivity index (χ1v) is 16.3. The third-order valence-electron chi connectivity index (χ3n) is 7.26. The second-order valence-electron chi connectivity index (χ2n) is 10.3. The fourth-order valence-electron chi connectivity index (χ4n) is 4.64. The number of anilines is 1. The summed E-state index contributed by atoms with van der Waals surface area (Å²) in [5.41, 5.74) is -0.0382. The Balaban J connectivity index is 1.74. The van der Waals surface area contributed by atoms with E-state index in [1.54, 1.807) is 13.8 Å². The van der Waals surface area contributed by atoms with E-state index in [-0.39, 0.29) is 46.5 Å². The van der Waals surface area contributed by atoms with E-state index in [4.69, 9.17) is 9.47 Å². The Morgan fingerprint density at radius 1 is 1.07 bits per heavy atom. The van der Waals surface area contributed by atoms with E-state index in [2.05, 4.69) is 4.72 Å². The molecule has 1 aliphatic rings. The SMILES string of the molecule is COc1ccc(S(=O)(=O)N(C)C[C@@H]2Oc3c(NS(=O)(=O)c4ccc(F)cc4)cccc3C(=O)N([C@@H](C)CO)C[C@@H]2C)cc1. The number of aliphatic hydroxyl groups is 1. The summed E-state index contributed by atoms with van der Waals surface area (Å²) < 4.78 is 81.7. The van der Waals surface area contributed by atoms with Crippen LogP contribution in [0.25, 0.3) is 0 Å². The van der Waals surface area contributed by atoms with Crippen molar-refractivity contribution in [3.05, 3.63) is 78.1 Å². The molecule has 4 rings (SSSR count). The van der Waals surface area contributed by atoms with E-state index < -0.39 is 49.8 Å². The molecule has 0 radical (unpaired) electrons. The molecular formula is C29H34FN3O8S2. The highest BCUT2D eigenvalue weighted by atomic mass is 32.2. The van der Waals surface area contributed by atoms with E-state index in [0.29, 0.717) is 5.75 Å². The van der Waals surface area contributed by atoms with Crippen LogP contribution >= 0.6 is 0 Å². The average molecular weight is 636 g/mol. The number of sulfonamides is 2. The third-order valence-corrected chi connectivity index (χ3v) is 10.5. The summed E-state index contributed by atoms with van der Waals surface area (Å²) in [6.07, 6.45) is -0.852. The number of para-hydroxylation sites is 1. The number of carbonyl (C=O) groups excluding carboxylic acids is 1. The molecule has 0 aromatic heterocycles. The monoisotopic (exact) mass is 635 g/mol. The van der Waals surface area contributed by atoms with Crippen LogP contribution in [0.3, 0.4) is 0 Å². The molecule has 0 bridgehead atoms. The lowest BCUT2D eigenvalue weighted by molar-refractivity contribution is 0.0389. The van der Waals surface area contributed by atoms with E-state index in [1.807, 2.05) is 0 Å². The molecule has 14 heteroatoms. The van der Waals surface area contributed by atoms with Crippen LogP contribution in [0.5, 0.6) is 11.5 Å². The van der Waals surface area contributed by atoms with Crippen molar-refractivity contribution in [2.24, 2.45) is 5.92 Å². The molecule has 1 heterocycles. The maximum absolute atomic E-state index is 13.7. The quantitative estimate of drug-likeness (QED) is 0.346. The fraction of sp³-hybridized carbons (Fsp3) is 0.345. The van der Waals surface area contributed by atoms with Crippen molar-refractivity contribution >= 4 is 31.6 Å². The number of benzene rings is 3. The van der Waals surface area contributed by atoms with Crippen LogP contribution < -0.4 is 14.2 Å². The first-order chi connectivity index (χ1) is 20.3. The number of likely N-dealkylation sites (N-methyl/N-ethyl adjacent to an activating group) is 1. The van der Waals surface area contributed by atoms with Crippen molar-refractivity contribution in [1.29, 1.82) is 0 Å². The lowest BCUT2D eigenvalue weighted by Crippen LogP contribution is -2.50. The highest BCUT2D eigenvalue weighted by Crippen LogP contribution is 2.36. The molecule has 1 amide bonds. The molecule has 1 aliphatic heterocycles. The number of nitrogens with zero attached hydrogens (tertiary/aromatic N) is 2. The van der Waals surface area contributed by atoms with E-state index in [1.165, 1.54) is 61.5 Å². The third kappa shape index (κ3) is 6.93. The van der Waals surface area contributed by atoms with Gasteiger partial charge in [-0.1, -0.05) is 13.0 Å². The number of amides is 1. The van der Waals surface area contributed by atoms with Crippen LogP contribution in [0.15, 0.2) is 76.5 Å². The van der Waals surface area contributed by atoms with Gasteiger partial charge in [-0.05, 0) is 67.6 Å². The predicted molar refractivity (Wildman–Crippen MR) is 158 cm³/mol. The first-order valence-electron chi connectivity index (χ1n) is 13.4. The molecule has 3 aromatic carbocycles. The van der Waals surface area contributed by atoms with Crippen LogP contribution in [0.1, 0.15) is 24.2 Å². The zero-order valence-electron chi connectivity index (χ0n) is 24.1.